The van der Waals surface area contributed by atoms with Crippen LogP contribution in [-0.4, -0.2) is 50.4 Å². The Hall–Kier alpha value is -2.13. The Morgan fingerprint density at radius 2 is 1.91 bits per heavy atom. The van der Waals surface area contributed by atoms with E-state index in [1.807, 2.05) is 32.3 Å². The van der Waals surface area contributed by atoms with Gasteiger partial charge in [-0.25, -0.2) is 4.98 Å². The number of halogens is 2. The number of rotatable bonds is 9. The van der Waals surface area contributed by atoms with Gasteiger partial charge < -0.3 is 9.88 Å². The van der Waals surface area contributed by atoms with Gasteiger partial charge in [0.15, 0.2) is 16.8 Å². The molecule has 0 aliphatic heterocycles. The monoisotopic (exact) mass is 492 g/mol. The zero-order valence-electron chi connectivity index (χ0n) is 18.5. The molecule has 7 nitrogen and oxygen atoms in total. The molecule has 0 aliphatic carbocycles. The van der Waals surface area contributed by atoms with E-state index in [9.17, 15) is 4.79 Å². The molecular weight excluding hydrogens is 467 g/mol. The number of pyridine rings is 1. The number of thioether (sulfide) groups is 1. The van der Waals surface area contributed by atoms with E-state index in [1.54, 1.807) is 13.0 Å². The van der Waals surface area contributed by atoms with Crippen LogP contribution in [0.25, 0.3) is 0 Å². The Bertz CT molecular complexity index is 1070. The van der Waals surface area contributed by atoms with Gasteiger partial charge in [0.05, 0.1) is 34.1 Å². The first-order chi connectivity index (χ1) is 15.3. The minimum Gasteiger partial charge on any atom is -0.309 e. The van der Waals surface area contributed by atoms with Crippen LogP contribution in [0.5, 0.6) is 0 Å². The van der Waals surface area contributed by atoms with E-state index < -0.39 is 0 Å². The molecule has 1 amide bonds. The number of carbonyl (C=O) groups excluding carboxylic acids is 1. The third kappa shape index (κ3) is 6.01. The summed E-state index contributed by atoms with van der Waals surface area (Å²) in [5, 5.41) is 13.1. The number of benzene rings is 1. The highest BCUT2D eigenvalue weighted by molar-refractivity contribution is 7.99. The van der Waals surface area contributed by atoms with Crippen LogP contribution in [0.3, 0.4) is 0 Å². The van der Waals surface area contributed by atoms with E-state index in [2.05, 4.69) is 49.0 Å². The van der Waals surface area contributed by atoms with Gasteiger partial charge in [0.25, 0.3) is 0 Å². The first kappa shape index (κ1) is 24.5. The van der Waals surface area contributed by atoms with Gasteiger partial charge in [-0.3, -0.25) is 9.69 Å². The summed E-state index contributed by atoms with van der Waals surface area (Å²) in [7, 11) is 4.06. The largest absolute Gasteiger partial charge is 0.309 e. The lowest BCUT2D eigenvalue weighted by atomic mass is 10.2. The number of nitrogens with one attached hydrogen (secondary N) is 1. The van der Waals surface area contributed by atoms with Gasteiger partial charge in [0, 0.05) is 0 Å². The van der Waals surface area contributed by atoms with Crippen LogP contribution in [-0.2, 0) is 11.3 Å². The van der Waals surface area contributed by atoms with Crippen molar-refractivity contribution in [3.63, 3.8) is 0 Å². The Morgan fingerprint density at radius 1 is 1.19 bits per heavy atom. The fourth-order valence-corrected chi connectivity index (χ4v) is 4.44. The summed E-state index contributed by atoms with van der Waals surface area (Å²) in [6, 6.07) is 11.8. The third-order valence-electron chi connectivity index (χ3n) is 4.93. The van der Waals surface area contributed by atoms with Gasteiger partial charge in [-0.1, -0.05) is 72.2 Å². The summed E-state index contributed by atoms with van der Waals surface area (Å²) in [6.07, 6.45) is 0.894. The molecule has 0 radical (unpaired) electrons. The molecule has 0 aliphatic rings. The highest BCUT2D eigenvalue weighted by Crippen LogP contribution is 2.28. The minimum absolute atomic E-state index is 0.120. The number of aryl methyl sites for hydroxylation is 1. The molecule has 2 heterocycles. The summed E-state index contributed by atoms with van der Waals surface area (Å²) in [6.45, 7) is 4.50. The first-order valence-corrected chi connectivity index (χ1v) is 11.9. The summed E-state index contributed by atoms with van der Waals surface area (Å²) in [5.41, 5.74) is 1.74. The van der Waals surface area contributed by atoms with Gasteiger partial charge in [-0.15, -0.1) is 10.2 Å². The molecule has 0 saturated carbocycles. The Labute approximate surface area is 202 Å². The molecule has 0 bridgehead atoms. The molecule has 0 saturated heterocycles. The van der Waals surface area contributed by atoms with Gasteiger partial charge >= 0.3 is 0 Å². The van der Waals surface area contributed by atoms with Crippen molar-refractivity contribution in [1.82, 2.24) is 24.6 Å². The first-order valence-electron chi connectivity index (χ1n) is 10.2. The maximum absolute atomic E-state index is 12.6. The molecule has 0 spiro atoms. The van der Waals surface area contributed by atoms with Crippen LogP contribution in [0.15, 0.2) is 41.6 Å². The molecule has 10 heteroatoms. The fraction of sp³-hybridized carbons (Fsp3) is 0.364. The van der Waals surface area contributed by atoms with Crippen LogP contribution in [0.2, 0.25) is 10.0 Å². The molecule has 0 fully saturated rings. The average molecular weight is 493 g/mol. The standard InChI is InChI=1S/C22H26Cl2N6OS/c1-5-18(29(3)4)21-27-28-22(30(21)12-15-9-7-6-8-10-15)32-13-19(31)26-20-17(24)11-16(23)14(2)25-20/h6-11,18H,5,12-13H2,1-4H3,(H,25,26,31)/t18-/m0/s1. The Balaban J connectivity index is 1.79. The van der Waals surface area contributed by atoms with Crippen molar-refractivity contribution in [2.75, 3.05) is 25.2 Å². The van der Waals surface area contributed by atoms with E-state index in [4.69, 9.17) is 23.2 Å². The highest BCUT2D eigenvalue weighted by atomic mass is 35.5. The Morgan fingerprint density at radius 3 is 2.56 bits per heavy atom. The fourth-order valence-electron chi connectivity index (χ4n) is 3.29. The van der Waals surface area contributed by atoms with Crippen molar-refractivity contribution in [1.29, 1.82) is 0 Å². The second-order valence-electron chi connectivity index (χ2n) is 7.52. The highest BCUT2D eigenvalue weighted by Gasteiger charge is 2.23. The second kappa shape index (κ2) is 11.1. The van der Waals surface area contributed by atoms with E-state index in [1.165, 1.54) is 11.8 Å². The maximum Gasteiger partial charge on any atom is 0.236 e. The maximum atomic E-state index is 12.6. The molecular formula is C22H26Cl2N6OS. The number of nitrogens with zero attached hydrogens (tertiary/aromatic N) is 5. The van der Waals surface area contributed by atoms with Crippen LogP contribution >= 0.6 is 35.0 Å². The number of anilines is 1. The molecule has 3 aromatic rings. The molecule has 1 N–H and O–H groups in total. The molecule has 170 valence electrons. The van der Waals surface area contributed by atoms with Crippen LogP contribution < -0.4 is 5.32 Å². The van der Waals surface area contributed by atoms with Crippen molar-refractivity contribution in [2.24, 2.45) is 0 Å². The lowest BCUT2D eigenvalue weighted by Crippen LogP contribution is -2.23. The van der Waals surface area contributed by atoms with Gasteiger partial charge in [-0.2, -0.15) is 0 Å². The number of hydrogen-bond acceptors (Lipinski definition) is 6. The lowest BCUT2D eigenvalue weighted by Gasteiger charge is -2.23. The lowest BCUT2D eigenvalue weighted by molar-refractivity contribution is -0.113. The Kier molecular flexibility index (Phi) is 8.53. The van der Waals surface area contributed by atoms with Crippen molar-refractivity contribution in [3.8, 4) is 0 Å². The SMILES string of the molecule is CC[C@@H](c1nnc(SCC(=O)Nc2nc(C)c(Cl)cc2Cl)n1Cc1ccccc1)N(C)C. The predicted octanol–water partition coefficient (Wildman–Crippen LogP) is 5.08. The normalized spacial score (nSPS) is 12.2. The summed E-state index contributed by atoms with van der Waals surface area (Å²) < 4.78 is 2.08. The topological polar surface area (TPSA) is 75.9 Å². The summed E-state index contributed by atoms with van der Waals surface area (Å²) >= 11 is 13.5. The van der Waals surface area contributed by atoms with E-state index in [0.717, 1.165) is 17.8 Å². The average Bonchev–Trinajstić information content (AvgIpc) is 3.13. The molecule has 1 atom stereocenters. The quantitative estimate of drug-likeness (QED) is 0.419. The van der Waals surface area contributed by atoms with E-state index >= 15 is 0 Å². The number of aromatic nitrogens is 4. The summed E-state index contributed by atoms with van der Waals surface area (Å²) in [5.74, 6) is 1.08. The molecule has 1 aromatic carbocycles. The smallest absolute Gasteiger partial charge is 0.236 e. The van der Waals surface area contributed by atoms with Crippen molar-refractivity contribution >= 4 is 46.7 Å². The van der Waals surface area contributed by atoms with Crippen molar-refractivity contribution in [2.45, 2.75) is 38.0 Å². The molecule has 3 rings (SSSR count). The van der Waals surface area contributed by atoms with Gasteiger partial charge in [0.1, 0.15) is 0 Å². The third-order valence-corrected chi connectivity index (χ3v) is 6.57. The van der Waals surface area contributed by atoms with E-state index in [-0.39, 0.29) is 17.7 Å². The van der Waals surface area contributed by atoms with E-state index in [0.29, 0.717) is 33.3 Å². The second-order valence-corrected chi connectivity index (χ2v) is 9.28. The van der Waals surface area contributed by atoms with Crippen LogP contribution in [0, 0.1) is 6.92 Å². The molecule has 32 heavy (non-hydrogen) atoms. The van der Waals surface area contributed by atoms with Crippen LogP contribution in [0.4, 0.5) is 5.82 Å². The number of carbonyl (C=O) groups is 1. The van der Waals surface area contributed by atoms with Crippen molar-refractivity contribution in [3.05, 3.63) is 63.5 Å². The van der Waals surface area contributed by atoms with Gasteiger partial charge in [0.2, 0.25) is 5.91 Å². The minimum atomic E-state index is -0.235. The van der Waals surface area contributed by atoms with Crippen molar-refractivity contribution < 1.29 is 4.79 Å². The predicted molar refractivity (Wildman–Crippen MR) is 131 cm³/mol. The number of hydrogen-bond donors (Lipinski definition) is 1. The van der Waals surface area contributed by atoms with Gasteiger partial charge in [-0.05, 0) is 39.1 Å². The van der Waals surface area contributed by atoms with Crippen LogP contribution in [0.1, 0.15) is 36.5 Å². The summed E-state index contributed by atoms with van der Waals surface area (Å²) in [4.78, 5) is 19.0. The molecule has 0 unspecified atom stereocenters. The zero-order valence-corrected chi connectivity index (χ0v) is 20.8. The zero-order chi connectivity index (χ0) is 23.3. The molecule has 2 aromatic heterocycles. The number of amides is 1.